The molecule has 0 spiro atoms. The van der Waals surface area contributed by atoms with E-state index >= 15 is 0 Å². The van der Waals surface area contributed by atoms with Crippen molar-refractivity contribution in [3.63, 3.8) is 0 Å². The zero-order valence-corrected chi connectivity index (χ0v) is 20.2. The number of carbonyl (C=O) groups excluding carboxylic acids is 3. The number of anilines is 1. The van der Waals surface area contributed by atoms with Crippen molar-refractivity contribution in [2.75, 3.05) is 19.0 Å². The largest absolute Gasteiger partial charge is 0.494 e. The van der Waals surface area contributed by atoms with E-state index in [1.807, 2.05) is 19.1 Å². The van der Waals surface area contributed by atoms with Crippen LogP contribution in [0.2, 0.25) is 0 Å². The normalized spacial score (nSPS) is 10.7. The third kappa shape index (κ3) is 4.88. The molecule has 2 heterocycles. The van der Waals surface area contributed by atoms with Crippen molar-refractivity contribution in [2.45, 2.75) is 20.8 Å². The van der Waals surface area contributed by atoms with Gasteiger partial charge in [-0.1, -0.05) is 18.2 Å². The second-order valence-corrected chi connectivity index (χ2v) is 7.77. The van der Waals surface area contributed by atoms with E-state index in [9.17, 15) is 14.4 Å². The smallest absolute Gasteiger partial charge is 0.343 e. The Morgan fingerprint density at radius 2 is 1.86 bits per heavy atom. The van der Waals surface area contributed by atoms with Gasteiger partial charge in [0.05, 0.1) is 19.9 Å². The predicted molar refractivity (Wildman–Crippen MR) is 132 cm³/mol. The molecule has 0 aliphatic carbocycles. The topological polar surface area (TPSA) is 122 Å². The van der Waals surface area contributed by atoms with Crippen LogP contribution < -0.4 is 14.8 Å². The fraction of sp³-hybridized carbons (Fsp3) is 0.192. The van der Waals surface area contributed by atoms with E-state index < -0.39 is 17.8 Å². The molecule has 0 bridgehead atoms. The number of methoxy groups -OCH3 is 1. The van der Waals surface area contributed by atoms with Crippen LogP contribution >= 0.6 is 0 Å². The summed E-state index contributed by atoms with van der Waals surface area (Å²) in [5, 5.41) is 7.96. The fourth-order valence-electron chi connectivity index (χ4n) is 3.69. The van der Waals surface area contributed by atoms with Crippen LogP contribution in [0.5, 0.6) is 11.5 Å². The summed E-state index contributed by atoms with van der Waals surface area (Å²) >= 11 is 0. The van der Waals surface area contributed by atoms with Crippen LogP contribution in [-0.2, 0) is 9.53 Å². The van der Waals surface area contributed by atoms with Gasteiger partial charge in [-0.15, -0.1) is 0 Å². The summed E-state index contributed by atoms with van der Waals surface area (Å²) in [6, 6.07) is 13.5. The third-order valence-electron chi connectivity index (χ3n) is 5.29. The molecule has 36 heavy (non-hydrogen) atoms. The first-order valence-electron chi connectivity index (χ1n) is 11.1. The van der Waals surface area contributed by atoms with Gasteiger partial charge < -0.3 is 19.5 Å². The fourth-order valence-corrected chi connectivity index (χ4v) is 3.69. The van der Waals surface area contributed by atoms with Gasteiger partial charge in [-0.2, -0.15) is 9.78 Å². The standard InChI is InChI=1S/C26H24N4O6/c1-5-35-26(33)20-14-27-30(22-12-15(2)19-10-7-11-21(34-4)23(19)28-22)24(20)29-25(32)17-8-6-9-18(13-17)36-16(3)31/h6-14H,5H2,1-4H3,(H,29,32). The molecule has 10 nitrogen and oxygen atoms in total. The predicted octanol–water partition coefficient (Wildman–Crippen LogP) is 4.09. The molecule has 4 aromatic rings. The average molecular weight is 489 g/mol. The molecule has 1 amide bonds. The van der Waals surface area contributed by atoms with Gasteiger partial charge in [-0.25, -0.2) is 9.78 Å². The highest BCUT2D eigenvalue weighted by Crippen LogP contribution is 2.29. The highest BCUT2D eigenvalue weighted by molar-refractivity contribution is 6.07. The monoisotopic (exact) mass is 488 g/mol. The second-order valence-electron chi connectivity index (χ2n) is 7.77. The Bertz CT molecular complexity index is 1480. The van der Waals surface area contributed by atoms with Crippen LogP contribution in [0.1, 0.15) is 40.1 Å². The summed E-state index contributed by atoms with van der Waals surface area (Å²) in [4.78, 5) is 41.8. The van der Waals surface area contributed by atoms with Gasteiger partial charge >= 0.3 is 11.9 Å². The molecule has 0 saturated heterocycles. The van der Waals surface area contributed by atoms with E-state index in [0.717, 1.165) is 10.9 Å². The molecule has 0 radical (unpaired) electrons. The molecule has 1 N–H and O–H groups in total. The number of para-hydroxylation sites is 1. The number of amides is 1. The zero-order chi connectivity index (χ0) is 25.8. The number of esters is 2. The molecule has 2 aromatic carbocycles. The number of ether oxygens (including phenoxy) is 3. The van der Waals surface area contributed by atoms with E-state index in [1.165, 1.54) is 23.9 Å². The number of fused-ring (bicyclic) bond motifs is 1. The number of carbonyl (C=O) groups is 3. The summed E-state index contributed by atoms with van der Waals surface area (Å²) in [5.41, 5.74) is 1.77. The molecule has 0 unspecified atom stereocenters. The van der Waals surface area contributed by atoms with Crippen molar-refractivity contribution in [3.05, 3.63) is 71.4 Å². The first-order chi connectivity index (χ1) is 17.3. The molecule has 0 aliphatic heterocycles. The highest BCUT2D eigenvalue weighted by atomic mass is 16.5. The minimum atomic E-state index is -0.650. The van der Waals surface area contributed by atoms with Crippen molar-refractivity contribution < 1.29 is 28.6 Å². The number of hydrogen-bond acceptors (Lipinski definition) is 8. The average Bonchev–Trinajstić information content (AvgIpc) is 3.27. The maximum absolute atomic E-state index is 13.2. The lowest BCUT2D eigenvalue weighted by molar-refractivity contribution is -0.131. The van der Waals surface area contributed by atoms with E-state index in [-0.39, 0.29) is 29.3 Å². The molecule has 0 aliphatic rings. The van der Waals surface area contributed by atoms with Gasteiger partial charge in [0.25, 0.3) is 5.91 Å². The lowest BCUT2D eigenvalue weighted by atomic mass is 10.1. The third-order valence-corrected chi connectivity index (χ3v) is 5.29. The Morgan fingerprint density at radius 3 is 2.58 bits per heavy atom. The highest BCUT2D eigenvalue weighted by Gasteiger charge is 2.23. The van der Waals surface area contributed by atoms with Gasteiger partial charge in [0.2, 0.25) is 0 Å². The first-order valence-corrected chi connectivity index (χ1v) is 11.1. The Balaban J connectivity index is 1.80. The Labute approximate surface area is 206 Å². The Kier molecular flexibility index (Phi) is 6.95. The second kappa shape index (κ2) is 10.3. The number of aryl methyl sites for hydroxylation is 1. The van der Waals surface area contributed by atoms with Crippen molar-refractivity contribution in [1.82, 2.24) is 14.8 Å². The number of hydrogen-bond donors (Lipinski definition) is 1. The Morgan fingerprint density at radius 1 is 1.08 bits per heavy atom. The summed E-state index contributed by atoms with van der Waals surface area (Å²) < 4.78 is 17.1. The number of pyridine rings is 1. The number of rotatable bonds is 7. The van der Waals surface area contributed by atoms with Crippen LogP contribution in [0.4, 0.5) is 5.82 Å². The number of nitrogens with zero attached hydrogens (tertiary/aromatic N) is 3. The van der Waals surface area contributed by atoms with E-state index in [1.54, 1.807) is 44.4 Å². The zero-order valence-electron chi connectivity index (χ0n) is 20.2. The number of aromatic nitrogens is 3. The van der Waals surface area contributed by atoms with Crippen LogP contribution in [0, 0.1) is 6.92 Å². The molecule has 0 fully saturated rings. The molecule has 4 rings (SSSR count). The molecular weight excluding hydrogens is 464 g/mol. The van der Waals surface area contributed by atoms with Crippen LogP contribution in [0.3, 0.4) is 0 Å². The van der Waals surface area contributed by atoms with Crippen molar-refractivity contribution >= 4 is 34.6 Å². The van der Waals surface area contributed by atoms with Gasteiger partial charge in [-0.05, 0) is 49.7 Å². The van der Waals surface area contributed by atoms with E-state index in [2.05, 4.69) is 10.4 Å². The van der Waals surface area contributed by atoms with Crippen LogP contribution in [-0.4, -0.2) is 46.3 Å². The molecule has 10 heteroatoms. The van der Waals surface area contributed by atoms with Crippen molar-refractivity contribution in [3.8, 4) is 17.3 Å². The van der Waals surface area contributed by atoms with Crippen molar-refractivity contribution in [1.29, 1.82) is 0 Å². The molecule has 0 saturated carbocycles. The Hall–Kier alpha value is -4.73. The number of nitrogens with one attached hydrogen (secondary N) is 1. The van der Waals surface area contributed by atoms with Gasteiger partial charge in [0.15, 0.2) is 11.6 Å². The van der Waals surface area contributed by atoms with Crippen molar-refractivity contribution in [2.24, 2.45) is 0 Å². The maximum atomic E-state index is 13.2. The lowest BCUT2D eigenvalue weighted by Crippen LogP contribution is -2.18. The lowest BCUT2D eigenvalue weighted by Gasteiger charge is -2.13. The van der Waals surface area contributed by atoms with E-state index in [0.29, 0.717) is 17.1 Å². The molecule has 0 atom stereocenters. The maximum Gasteiger partial charge on any atom is 0.343 e. The first kappa shape index (κ1) is 24.4. The summed E-state index contributed by atoms with van der Waals surface area (Å²) in [6.45, 7) is 5.01. The summed E-state index contributed by atoms with van der Waals surface area (Å²) in [5.74, 6) is -0.476. The van der Waals surface area contributed by atoms with Crippen LogP contribution in [0.15, 0.2) is 54.7 Å². The SMILES string of the molecule is CCOC(=O)c1cnn(-c2cc(C)c3cccc(OC)c3n2)c1NC(=O)c1cccc(OC(C)=O)c1. The summed E-state index contributed by atoms with van der Waals surface area (Å²) in [7, 11) is 1.56. The van der Waals surface area contributed by atoms with Gasteiger partial charge in [-0.3, -0.25) is 9.59 Å². The molecule has 2 aromatic heterocycles. The van der Waals surface area contributed by atoms with E-state index in [4.69, 9.17) is 19.2 Å². The van der Waals surface area contributed by atoms with Crippen LogP contribution in [0.25, 0.3) is 16.7 Å². The van der Waals surface area contributed by atoms with Gasteiger partial charge in [0.1, 0.15) is 22.6 Å². The molecule has 184 valence electrons. The minimum Gasteiger partial charge on any atom is -0.494 e. The van der Waals surface area contributed by atoms with Gasteiger partial charge in [0, 0.05) is 17.9 Å². The quantitative estimate of drug-likeness (QED) is 0.305. The minimum absolute atomic E-state index is 0.0564. The summed E-state index contributed by atoms with van der Waals surface area (Å²) in [6.07, 6.45) is 1.31. The number of benzene rings is 2. The molecular formula is C26H24N4O6.